The third kappa shape index (κ3) is 4.78. The number of amides is 1. The molecule has 1 amide bonds. The van der Waals surface area contributed by atoms with E-state index in [0.717, 1.165) is 25.1 Å². The first kappa shape index (κ1) is 15.2. The van der Waals surface area contributed by atoms with Crippen molar-refractivity contribution in [1.82, 2.24) is 10.6 Å². The summed E-state index contributed by atoms with van der Waals surface area (Å²) in [6.45, 7) is 9.66. The van der Waals surface area contributed by atoms with E-state index in [4.69, 9.17) is 4.74 Å². The van der Waals surface area contributed by atoms with Crippen molar-refractivity contribution in [1.29, 1.82) is 0 Å². The standard InChI is InChI=1S/C14H26N2O2/c1-5-11(4)16-13(17)12-7-6-8-15-14(12)18-9-10(2)3/h5,10,12,14-15H,6-9H2,1-4H3,(H,16,17)/b11-5+. The SMILES string of the molecule is C/C=C(\C)NC(=O)C1CCCNC1OCC(C)C. The Balaban J connectivity index is 2.55. The number of rotatable bonds is 5. The van der Waals surface area contributed by atoms with E-state index in [1.807, 2.05) is 19.9 Å². The smallest absolute Gasteiger partial charge is 0.231 e. The van der Waals surface area contributed by atoms with Gasteiger partial charge in [0.1, 0.15) is 6.23 Å². The van der Waals surface area contributed by atoms with Crippen LogP contribution in [-0.4, -0.2) is 25.3 Å². The van der Waals surface area contributed by atoms with Gasteiger partial charge in [-0.3, -0.25) is 10.1 Å². The Bertz CT molecular complexity index is 300. The van der Waals surface area contributed by atoms with Crippen molar-refractivity contribution in [2.24, 2.45) is 11.8 Å². The Hall–Kier alpha value is -0.870. The van der Waals surface area contributed by atoms with Crippen molar-refractivity contribution in [3.8, 4) is 0 Å². The van der Waals surface area contributed by atoms with E-state index in [-0.39, 0.29) is 18.1 Å². The molecule has 0 aromatic rings. The molecule has 1 rings (SSSR count). The quantitative estimate of drug-likeness (QED) is 0.789. The molecule has 0 radical (unpaired) electrons. The first-order chi connectivity index (χ1) is 8.54. The van der Waals surface area contributed by atoms with Crippen LogP contribution in [0.25, 0.3) is 0 Å². The highest BCUT2D eigenvalue weighted by Crippen LogP contribution is 2.19. The van der Waals surface area contributed by atoms with Crippen molar-refractivity contribution in [2.45, 2.75) is 46.8 Å². The molecule has 1 aliphatic heterocycles. The maximum Gasteiger partial charge on any atom is 0.231 e. The normalized spacial score (nSPS) is 25.3. The lowest BCUT2D eigenvalue weighted by atomic mass is 9.96. The van der Waals surface area contributed by atoms with Crippen LogP contribution in [0.2, 0.25) is 0 Å². The largest absolute Gasteiger partial charge is 0.362 e. The van der Waals surface area contributed by atoms with Crippen molar-refractivity contribution >= 4 is 5.91 Å². The van der Waals surface area contributed by atoms with Gasteiger partial charge in [-0.05, 0) is 39.2 Å². The topological polar surface area (TPSA) is 50.4 Å². The molecule has 1 fully saturated rings. The third-order valence-electron chi connectivity index (χ3n) is 3.10. The molecule has 2 unspecified atom stereocenters. The van der Waals surface area contributed by atoms with Gasteiger partial charge < -0.3 is 10.1 Å². The zero-order chi connectivity index (χ0) is 13.5. The summed E-state index contributed by atoms with van der Waals surface area (Å²) in [7, 11) is 0. The van der Waals surface area contributed by atoms with E-state index >= 15 is 0 Å². The Morgan fingerprint density at radius 1 is 1.56 bits per heavy atom. The van der Waals surface area contributed by atoms with Gasteiger partial charge >= 0.3 is 0 Å². The minimum Gasteiger partial charge on any atom is -0.362 e. The van der Waals surface area contributed by atoms with Gasteiger partial charge in [-0.2, -0.15) is 0 Å². The minimum absolute atomic E-state index is 0.0616. The van der Waals surface area contributed by atoms with Crippen molar-refractivity contribution < 1.29 is 9.53 Å². The summed E-state index contributed by atoms with van der Waals surface area (Å²) >= 11 is 0. The molecule has 0 aromatic carbocycles. The maximum atomic E-state index is 12.2. The molecule has 1 saturated heterocycles. The third-order valence-corrected chi connectivity index (χ3v) is 3.10. The summed E-state index contributed by atoms with van der Waals surface area (Å²) < 4.78 is 5.80. The predicted molar refractivity (Wildman–Crippen MR) is 72.9 cm³/mol. The average molecular weight is 254 g/mol. The summed E-state index contributed by atoms with van der Waals surface area (Å²) in [4.78, 5) is 12.2. The van der Waals surface area contributed by atoms with Crippen LogP contribution < -0.4 is 10.6 Å². The lowest BCUT2D eigenvalue weighted by Crippen LogP contribution is -2.49. The number of carbonyl (C=O) groups excluding carboxylic acids is 1. The van der Waals surface area contributed by atoms with Gasteiger partial charge in [-0.1, -0.05) is 19.9 Å². The summed E-state index contributed by atoms with van der Waals surface area (Å²) in [6.07, 6.45) is 3.66. The van der Waals surface area contributed by atoms with E-state index in [1.165, 1.54) is 0 Å². The van der Waals surface area contributed by atoms with Gasteiger partial charge in [0.15, 0.2) is 0 Å². The molecule has 0 aromatic heterocycles. The Morgan fingerprint density at radius 3 is 2.89 bits per heavy atom. The minimum atomic E-state index is -0.147. The number of ether oxygens (including phenoxy) is 1. The highest BCUT2D eigenvalue weighted by molar-refractivity contribution is 5.80. The Kier molecular flexibility index (Phi) is 6.36. The van der Waals surface area contributed by atoms with Crippen LogP contribution in [0.5, 0.6) is 0 Å². The Morgan fingerprint density at radius 2 is 2.28 bits per heavy atom. The molecule has 0 spiro atoms. The average Bonchev–Trinajstić information content (AvgIpc) is 2.36. The van der Waals surface area contributed by atoms with Gasteiger partial charge in [0.2, 0.25) is 5.91 Å². The summed E-state index contributed by atoms with van der Waals surface area (Å²) in [5.74, 6) is 0.452. The second kappa shape index (κ2) is 7.54. The maximum absolute atomic E-state index is 12.2. The number of nitrogens with one attached hydrogen (secondary N) is 2. The first-order valence-electron chi connectivity index (χ1n) is 6.83. The summed E-state index contributed by atoms with van der Waals surface area (Å²) in [5, 5.41) is 6.21. The van der Waals surface area contributed by atoms with Crippen LogP contribution in [0.4, 0.5) is 0 Å². The van der Waals surface area contributed by atoms with Crippen LogP contribution in [0.3, 0.4) is 0 Å². The van der Waals surface area contributed by atoms with E-state index in [2.05, 4.69) is 24.5 Å². The Labute approximate surface area is 110 Å². The molecule has 1 aliphatic rings. The molecule has 0 bridgehead atoms. The number of hydrogen-bond acceptors (Lipinski definition) is 3. The van der Waals surface area contributed by atoms with E-state index in [0.29, 0.717) is 12.5 Å². The fraction of sp³-hybridized carbons (Fsp3) is 0.786. The number of hydrogen-bond donors (Lipinski definition) is 2. The summed E-state index contributed by atoms with van der Waals surface area (Å²) in [5.41, 5.74) is 0.896. The second-order valence-corrected chi connectivity index (χ2v) is 5.31. The van der Waals surface area contributed by atoms with Crippen LogP contribution in [-0.2, 0) is 9.53 Å². The van der Waals surface area contributed by atoms with Gasteiger partial charge in [0.25, 0.3) is 0 Å². The van der Waals surface area contributed by atoms with Gasteiger partial charge in [0, 0.05) is 5.70 Å². The summed E-state index contributed by atoms with van der Waals surface area (Å²) in [6, 6.07) is 0. The molecule has 4 heteroatoms. The molecule has 18 heavy (non-hydrogen) atoms. The van der Waals surface area contributed by atoms with Crippen LogP contribution in [0, 0.1) is 11.8 Å². The molecular formula is C14H26N2O2. The lowest BCUT2D eigenvalue weighted by molar-refractivity contribution is -0.133. The number of allylic oxidation sites excluding steroid dienone is 2. The monoisotopic (exact) mass is 254 g/mol. The zero-order valence-electron chi connectivity index (χ0n) is 12.0. The predicted octanol–water partition coefficient (Wildman–Crippen LogP) is 2.02. The van der Waals surface area contributed by atoms with Crippen LogP contribution in [0.15, 0.2) is 11.8 Å². The first-order valence-corrected chi connectivity index (χ1v) is 6.83. The molecule has 4 nitrogen and oxygen atoms in total. The highest BCUT2D eigenvalue weighted by Gasteiger charge is 2.31. The molecule has 2 atom stereocenters. The fourth-order valence-electron chi connectivity index (χ4n) is 1.96. The number of carbonyl (C=O) groups is 1. The highest BCUT2D eigenvalue weighted by atomic mass is 16.5. The van der Waals surface area contributed by atoms with Crippen LogP contribution >= 0.6 is 0 Å². The van der Waals surface area contributed by atoms with Gasteiger partial charge in [-0.25, -0.2) is 0 Å². The van der Waals surface area contributed by atoms with Crippen molar-refractivity contribution in [3.05, 3.63) is 11.8 Å². The van der Waals surface area contributed by atoms with E-state index in [1.54, 1.807) is 0 Å². The molecule has 0 saturated carbocycles. The van der Waals surface area contributed by atoms with E-state index < -0.39 is 0 Å². The second-order valence-electron chi connectivity index (χ2n) is 5.31. The van der Waals surface area contributed by atoms with Gasteiger partial charge in [0.05, 0.1) is 12.5 Å². The fourth-order valence-corrected chi connectivity index (χ4v) is 1.96. The van der Waals surface area contributed by atoms with Gasteiger partial charge in [-0.15, -0.1) is 0 Å². The molecule has 2 N–H and O–H groups in total. The zero-order valence-corrected chi connectivity index (χ0v) is 12.0. The molecular weight excluding hydrogens is 228 g/mol. The number of piperidine rings is 1. The van der Waals surface area contributed by atoms with Crippen molar-refractivity contribution in [3.63, 3.8) is 0 Å². The lowest BCUT2D eigenvalue weighted by Gasteiger charge is -2.32. The molecule has 0 aliphatic carbocycles. The van der Waals surface area contributed by atoms with Crippen molar-refractivity contribution in [2.75, 3.05) is 13.2 Å². The molecule has 104 valence electrons. The molecule has 1 heterocycles. The van der Waals surface area contributed by atoms with E-state index in [9.17, 15) is 4.79 Å². The van der Waals surface area contributed by atoms with Crippen LogP contribution in [0.1, 0.15) is 40.5 Å².